The van der Waals surface area contributed by atoms with Gasteiger partial charge in [0.2, 0.25) is 5.91 Å². The number of nitrogens with two attached hydrogens (primary N) is 1. The lowest BCUT2D eigenvalue weighted by Crippen LogP contribution is -2.63. The number of hydrogen-bond acceptors (Lipinski definition) is 5. The molecule has 1 aromatic carbocycles. The molecule has 4 rings (SSSR count). The molecule has 7 nitrogen and oxygen atoms in total. The van der Waals surface area contributed by atoms with E-state index in [0.29, 0.717) is 57.1 Å². The van der Waals surface area contributed by atoms with Gasteiger partial charge in [-0.05, 0) is 25.0 Å². The quantitative estimate of drug-likeness (QED) is 0.834. The number of benzene rings is 1. The van der Waals surface area contributed by atoms with Crippen molar-refractivity contribution in [1.82, 2.24) is 9.80 Å². The van der Waals surface area contributed by atoms with Crippen LogP contribution in [0.3, 0.4) is 0 Å². The van der Waals surface area contributed by atoms with E-state index in [1.54, 1.807) is 0 Å². The molecule has 2 aliphatic heterocycles. The second kappa shape index (κ2) is 6.89. The summed E-state index contributed by atoms with van der Waals surface area (Å²) < 4.78 is 11.3. The van der Waals surface area contributed by atoms with Gasteiger partial charge in [0.1, 0.15) is 11.3 Å². The third-order valence-corrected chi connectivity index (χ3v) is 5.57. The molecule has 140 valence electrons. The lowest BCUT2D eigenvalue weighted by molar-refractivity contribution is -0.131. The predicted molar refractivity (Wildman–Crippen MR) is 94.9 cm³/mol. The van der Waals surface area contributed by atoms with Gasteiger partial charge in [-0.3, -0.25) is 14.5 Å². The monoisotopic (exact) mass is 359 g/mol. The highest BCUT2D eigenvalue weighted by Gasteiger charge is 2.47. The number of piperazine rings is 1. The molecule has 2 N–H and O–H groups in total. The van der Waals surface area contributed by atoms with Gasteiger partial charge in [-0.1, -0.05) is 12.1 Å². The summed E-state index contributed by atoms with van der Waals surface area (Å²) in [5.41, 5.74) is 5.56. The van der Waals surface area contributed by atoms with Crippen molar-refractivity contribution >= 4 is 11.8 Å². The van der Waals surface area contributed by atoms with Crippen LogP contribution in [0.25, 0.3) is 0 Å². The molecule has 2 heterocycles. The van der Waals surface area contributed by atoms with Crippen LogP contribution in [0.2, 0.25) is 0 Å². The number of nitrogens with zero attached hydrogens (tertiary/aromatic N) is 2. The van der Waals surface area contributed by atoms with Gasteiger partial charge >= 0.3 is 0 Å². The van der Waals surface area contributed by atoms with E-state index < -0.39 is 5.54 Å². The number of ether oxygens (including phenoxy) is 2. The molecule has 0 radical (unpaired) electrons. The van der Waals surface area contributed by atoms with Crippen molar-refractivity contribution in [2.75, 3.05) is 39.4 Å². The van der Waals surface area contributed by atoms with Gasteiger partial charge in [0, 0.05) is 39.2 Å². The Morgan fingerprint density at radius 2 is 1.88 bits per heavy atom. The molecular formula is C19H25N3O4. The molecule has 1 saturated carbocycles. The number of amides is 2. The van der Waals surface area contributed by atoms with Crippen molar-refractivity contribution in [1.29, 1.82) is 0 Å². The minimum atomic E-state index is -0.720. The zero-order valence-electron chi connectivity index (χ0n) is 14.9. The van der Waals surface area contributed by atoms with Crippen LogP contribution < -0.4 is 10.5 Å². The van der Waals surface area contributed by atoms with Gasteiger partial charge in [0.05, 0.1) is 18.3 Å². The van der Waals surface area contributed by atoms with Crippen molar-refractivity contribution in [3.05, 3.63) is 29.8 Å². The highest BCUT2D eigenvalue weighted by atomic mass is 16.5. The first-order chi connectivity index (χ1) is 12.6. The molecule has 0 spiro atoms. The number of para-hydroxylation sites is 1. The second-order valence-electron chi connectivity index (χ2n) is 7.29. The van der Waals surface area contributed by atoms with Crippen LogP contribution in [0.15, 0.2) is 24.3 Å². The van der Waals surface area contributed by atoms with E-state index in [1.165, 1.54) is 0 Å². The second-order valence-corrected chi connectivity index (χ2v) is 7.29. The van der Waals surface area contributed by atoms with Gasteiger partial charge in [-0.25, -0.2) is 0 Å². The third-order valence-electron chi connectivity index (χ3n) is 5.57. The Kier molecular flexibility index (Phi) is 4.58. The van der Waals surface area contributed by atoms with E-state index >= 15 is 0 Å². The molecule has 0 bridgehead atoms. The van der Waals surface area contributed by atoms with E-state index in [4.69, 9.17) is 15.2 Å². The molecule has 1 aromatic rings. The molecule has 1 aliphatic carbocycles. The molecule has 26 heavy (non-hydrogen) atoms. The van der Waals surface area contributed by atoms with E-state index in [-0.39, 0.29) is 17.9 Å². The molecule has 1 unspecified atom stereocenters. The van der Waals surface area contributed by atoms with Crippen LogP contribution in [0.4, 0.5) is 0 Å². The lowest BCUT2D eigenvalue weighted by Gasteiger charge is -2.43. The van der Waals surface area contributed by atoms with Gasteiger partial charge in [0.25, 0.3) is 5.91 Å². The number of primary amides is 1. The number of carbonyl (C=O) groups excluding carboxylic acids is 2. The summed E-state index contributed by atoms with van der Waals surface area (Å²) in [6.45, 7) is 3.24. The third kappa shape index (κ3) is 3.17. The van der Waals surface area contributed by atoms with Crippen LogP contribution in [-0.4, -0.2) is 72.6 Å². The van der Waals surface area contributed by atoms with Crippen molar-refractivity contribution in [2.24, 2.45) is 5.73 Å². The predicted octanol–water partition coefficient (Wildman–Crippen LogP) is 0.630. The Morgan fingerprint density at radius 3 is 2.50 bits per heavy atom. The summed E-state index contributed by atoms with van der Waals surface area (Å²) in [4.78, 5) is 28.9. The maximum atomic E-state index is 13.0. The van der Waals surface area contributed by atoms with E-state index in [2.05, 4.69) is 4.90 Å². The minimum Gasteiger partial charge on any atom is -0.490 e. The Hall–Kier alpha value is -2.12. The smallest absolute Gasteiger partial charge is 0.257 e. The van der Waals surface area contributed by atoms with Crippen LogP contribution in [0, 0.1) is 0 Å². The molecule has 2 amide bonds. The number of hydrogen-bond donors (Lipinski definition) is 1. The topological polar surface area (TPSA) is 85.1 Å². The van der Waals surface area contributed by atoms with Gasteiger partial charge < -0.3 is 20.1 Å². The molecule has 3 aliphatic rings. The molecule has 7 heteroatoms. The zero-order valence-corrected chi connectivity index (χ0v) is 14.9. The molecule has 0 aromatic heterocycles. The fraction of sp³-hybridized carbons (Fsp3) is 0.579. The van der Waals surface area contributed by atoms with Crippen molar-refractivity contribution < 1.29 is 19.1 Å². The van der Waals surface area contributed by atoms with Crippen LogP contribution in [0.1, 0.15) is 29.6 Å². The van der Waals surface area contributed by atoms with Crippen LogP contribution >= 0.6 is 0 Å². The lowest BCUT2D eigenvalue weighted by atomic mass is 9.94. The SMILES string of the molecule is NC(=O)C1(N2CCN(C(=O)c3ccccc3OC3CC3)CC2)CCOC1. The average molecular weight is 359 g/mol. The zero-order chi connectivity index (χ0) is 18.1. The first-order valence-corrected chi connectivity index (χ1v) is 9.28. The maximum absolute atomic E-state index is 13.0. The Morgan fingerprint density at radius 1 is 1.15 bits per heavy atom. The van der Waals surface area contributed by atoms with Gasteiger partial charge in [-0.2, -0.15) is 0 Å². The van der Waals surface area contributed by atoms with E-state index in [9.17, 15) is 9.59 Å². The largest absolute Gasteiger partial charge is 0.490 e. The molecule has 1 atom stereocenters. The van der Waals surface area contributed by atoms with E-state index in [1.807, 2.05) is 29.2 Å². The normalized spacial score (nSPS) is 26.7. The summed E-state index contributed by atoms with van der Waals surface area (Å²) in [6, 6.07) is 7.44. The van der Waals surface area contributed by atoms with E-state index in [0.717, 1.165) is 12.8 Å². The average Bonchev–Trinajstić information content (AvgIpc) is 3.33. The fourth-order valence-electron chi connectivity index (χ4n) is 3.77. The summed E-state index contributed by atoms with van der Waals surface area (Å²) in [5.74, 6) is 0.315. The van der Waals surface area contributed by atoms with Crippen molar-refractivity contribution in [3.8, 4) is 5.75 Å². The van der Waals surface area contributed by atoms with Crippen molar-refractivity contribution in [2.45, 2.75) is 30.9 Å². The Bertz CT molecular complexity index is 690. The van der Waals surface area contributed by atoms with Crippen molar-refractivity contribution in [3.63, 3.8) is 0 Å². The Balaban J connectivity index is 1.43. The maximum Gasteiger partial charge on any atom is 0.257 e. The first-order valence-electron chi connectivity index (χ1n) is 9.28. The number of carbonyl (C=O) groups is 2. The highest BCUT2D eigenvalue weighted by Crippen LogP contribution is 2.31. The summed E-state index contributed by atoms with van der Waals surface area (Å²) in [6.07, 6.45) is 2.98. The summed E-state index contributed by atoms with van der Waals surface area (Å²) >= 11 is 0. The summed E-state index contributed by atoms with van der Waals surface area (Å²) in [5, 5.41) is 0. The minimum absolute atomic E-state index is 0.0169. The molecule has 3 fully saturated rings. The Labute approximate surface area is 153 Å². The standard InChI is InChI=1S/C19H25N3O4/c20-18(24)19(7-12-25-13-19)22-10-8-21(9-11-22)17(23)15-3-1-2-4-16(15)26-14-5-6-14/h1-4,14H,5-13H2,(H2,20,24). The van der Waals surface area contributed by atoms with Crippen LogP contribution in [-0.2, 0) is 9.53 Å². The highest BCUT2D eigenvalue weighted by molar-refractivity contribution is 5.97. The molecule has 2 saturated heterocycles. The van der Waals surface area contributed by atoms with Crippen LogP contribution in [0.5, 0.6) is 5.75 Å². The summed E-state index contributed by atoms with van der Waals surface area (Å²) in [7, 11) is 0. The first kappa shape index (κ1) is 17.3. The van der Waals surface area contributed by atoms with Gasteiger partial charge in [0.15, 0.2) is 0 Å². The van der Waals surface area contributed by atoms with Gasteiger partial charge in [-0.15, -0.1) is 0 Å². The molecular weight excluding hydrogens is 334 g/mol. The number of rotatable bonds is 5. The fourth-order valence-corrected chi connectivity index (χ4v) is 3.77.